The maximum absolute atomic E-state index is 12.0. The lowest BCUT2D eigenvalue weighted by Crippen LogP contribution is -2.45. The molecule has 0 aliphatic carbocycles. The molecule has 19 heavy (non-hydrogen) atoms. The van der Waals surface area contributed by atoms with Crippen molar-refractivity contribution in [2.45, 2.75) is 33.6 Å². The number of hydrogen-bond acceptors (Lipinski definition) is 3. The van der Waals surface area contributed by atoms with E-state index in [1.165, 1.54) is 0 Å². The standard InChI is InChI=1S/C12H22NO5P/c1-12(2,3)11(15)13-6-4-9(5-7-13)10(14)8-19(16,17)18/h9H,4-8H2,1-3H3,(H2,16,17,18). The van der Waals surface area contributed by atoms with Crippen molar-refractivity contribution in [1.82, 2.24) is 4.90 Å². The first kappa shape index (κ1) is 16.3. The van der Waals surface area contributed by atoms with Crippen LogP contribution in [0.1, 0.15) is 33.6 Å². The molecular weight excluding hydrogens is 269 g/mol. The number of rotatable bonds is 3. The van der Waals surface area contributed by atoms with E-state index in [0.717, 1.165) is 0 Å². The first-order valence-electron chi connectivity index (χ1n) is 6.37. The van der Waals surface area contributed by atoms with Gasteiger partial charge in [-0.2, -0.15) is 0 Å². The first-order valence-corrected chi connectivity index (χ1v) is 8.17. The van der Waals surface area contributed by atoms with Gasteiger partial charge in [-0.15, -0.1) is 0 Å². The summed E-state index contributed by atoms with van der Waals surface area (Å²) < 4.78 is 10.8. The Labute approximate surface area is 113 Å². The van der Waals surface area contributed by atoms with Crippen LogP contribution in [0.2, 0.25) is 0 Å². The zero-order chi connectivity index (χ0) is 14.8. The third kappa shape index (κ3) is 5.05. The summed E-state index contributed by atoms with van der Waals surface area (Å²) in [6.45, 7) is 6.50. The second-order valence-electron chi connectivity index (χ2n) is 6.11. The van der Waals surface area contributed by atoms with Crippen molar-refractivity contribution >= 4 is 19.3 Å². The van der Waals surface area contributed by atoms with Crippen LogP contribution in [0.5, 0.6) is 0 Å². The molecule has 6 nitrogen and oxygen atoms in total. The Hall–Kier alpha value is -0.710. The molecule has 0 unspecified atom stereocenters. The highest BCUT2D eigenvalue weighted by molar-refractivity contribution is 7.52. The maximum Gasteiger partial charge on any atom is 0.332 e. The molecule has 0 spiro atoms. The molecule has 0 atom stereocenters. The molecule has 1 aliphatic heterocycles. The van der Waals surface area contributed by atoms with Gasteiger partial charge in [0.25, 0.3) is 0 Å². The quantitative estimate of drug-likeness (QED) is 0.757. The Morgan fingerprint density at radius 1 is 1.21 bits per heavy atom. The number of Topliss-reactive ketones (excluding diaryl/α,β-unsaturated/α-hetero) is 1. The van der Waals surface area contributed by atoms with E-state index in [0.29, 0.717) is 25.9 Å². The highest BCUT2D eigenvalue weighted by Crippen LogP contribution is 2.36. The Bertz CT molecular complexity index is 401. The van der Waals surface area contributed by atoms with Crippen LogP contribution in [0.25, 0.3) is 0 Å². The molecule has 1 heterocycles. The maximum atomic E-state index is 12.0. The molecule has 1 rings (SSSR count). The summed E-state index contributed by atoms with van der Waals surface area (Å²) >= 11 is 0. The summed E-state index contributed by atoms with van der Waals surface area (Å²) in [7, 11) is -4.28. The second-order valence-corrected chi connectivity index (χ2v) is 7.75. The van der Waals surface area contributed by atoms with Gasteiger partial charge in [-0.1, -0.05) is 20.8 Å². The van der Waals surface area contributed by atoms with E-state index in [-0.39, 0.29) is 11.8 Å². The van der Waals surface area contributed by atoms with Crippen LogP contribution in [0.3, 0.4) is 0 Å². The van der Waals surface area contributed by atoms with Crippen molar-refractivity contribution < 1.29 is 23.9 Å². The topological polar surface area (TPSA) is 94.9 Å². The number of likely N-dealkylation sites (tertiary alicyclic amines) is 1. The van der Waals surface area contributed by atoms with Crippen LogP contribution in [0.15, 0.2) is 0 Å². The average Bonchev–Trinajstić information content (AvgIpc) is 2.24. The monoisotopic (exact) mass is 291 g/mol. The van der Waals surface area contributed by atoms with Crippen LogP contribution >= 0.6 is 7.60 Å². The van der Waals surface area contributed by atoms with Crippen LogP contribution in [-0.4, -0.2) is 45.6 Å². The van der Waals surface area contributed by atoms with Gasteiger partial charge in [-0.05, 0) is 12.8 Å². The first-order chi connectivity index (χ1) is 8.50. The number of ketones is 1. The number of hydrogen-bond donors (Lipinski definition) is 2. The third-order valence-electron chi connectivity index (χ3n) is 3.24. The smallest absolute Gasteiger partial charge is 0.332 e. The molecule has 0 aromatic heterocycles. The average molecular weight is 291 g/mol. The van der Waals surface area contributed by atoms with Gasteiger partial charge in [0, 0.05) is 24.4 Å². The van der Waals surface area contributed by atoms with Crippen LogP contribution in [0.4, 0.5) is 0 Å². The summed E-state index contributed by atoms with van der Waals surface area (Å²) in [6, 6.07) is 0. The summed E-state index contributed by atoms with van der Waals surface area (Å²) in [6.07, 6.45) is 0.284. The number of nitrogens with zero attached hydrogens (tertiary/aromatic N) is 1. The highest BCUT2D eigenvalue weighted by atomic mass is 31.2. The lowest BCUT2D eigenvalue weighted by atomic mass is 9.89. The Balaban J connectivity index is 2.52. The lowest BCUT2D eigenvalue weighted by Gasteiger charge is -2.35. The number of piperidine rings is 1. The summed E-state index contributed by atoms with van der Waals surface area (Å²) in [5.41, 5.74) is -0.442. The van der Waals surface area contributed by atoms with Crippen molar-refractivity contribution in [1.29, 1.82) is 0 Å². The van der Waals surface area contributed by atoms with Gasteiger partial charge in [0.05, 0.1) is 0 Å². The number of carbonyl (C=O) groups is 2. The number of carbonyl (C=O) groups excluding carboxylic acids is 2. The van der Waals surface area contributed by atoms with Gasteiger partial charge < -0.3 is 14.7 Å². The minimum absolute atomic E-state index is 0.0494. The van der Waals surface area contributed by atoms with Crippen molar-refractivity contribution in [3.8, 4) is 0 Å². The Morgan fingerprint density at radius 2 is 1.68 bits per heavy atom. The zero-order valence-corrected chi connectivity index (χ0v) is 12.5. The predicted molar refractivity (Wildman–Crippen MR) is 70.7 cm³/mol. The zero-order valence-electron chi connectivity index (χ0n) is 11.6. The van der Waals surface area contributed by atoms with Crippen molar-refractivity contribution in [2.24, 2.45) is 11.3 Å². The van der Waals surface area contributed by atoms with Crippen molar-refractivity contribution in [2.75, 3.05) is 19.3 Å². The minimum atomic E-state index is -4.28. The molecule has 110 valence electrons. The molecule has 1 aliphatic rings. The summed E-state index contributed by atoms with van der Waals surface area (Å²) in [5, 5.41) is 0. The largest absolute Gasteiger partial charge is 0.342 e. The van der Waals surface area contributed by atoms with Gasteiger partial charge in [0.15, 0.2) is 0 Å². The van der Waals surface area contributed by atoms with Crippen LogP contribution < -0.4 is 0 Å². The highest BCUT2D eigenvalue weighted by Gasteiger charge is 2.33. The molecule has 1 saturated heterocycles. The van der Waals surface area contributed by atoms with E-state index in [1.54, 1.807) is 4.90 Å². The molecule has 0 saturated carbocycles. The van der Waals surface area contributed by atoms with E-state index in [9.17, 15) is 14.2 Å². The molecule has 0 aromatic rings. The molecule has 0 bridgehead atoms. The van der Waals surface area contributed by atoms with Crippen LogP contribution in [-0.2, 0) is 14.2 Å². The Kier molecular flexibility index (Phi) is 4.93. The van der Waals surface area contributed by atoms with E-state index in [1.807, 2.05) is 20.8 Å². The predicted octanol–water partition coefficient (Wildman–Crippen LogP) is 1.02. The third-order valence-corrected chi connectivity index (χ3v) is 3.96. The molecule has 2 N–H and O–H groups in total. The van der Waals surface area contributed by atoms with E-state index in [2.05, 4.69) is 0 Å². The summed E-state index contributed by atoms with van der Waals surface area (Å²) in [5.74, 6) is -0.679. The van der Waals surface area contributed by atoms with Crippen molar-refractivity contribution in [3.63, 3.8) is 0 Å². The van der Waals surface area contributed by atoms with Gasteiger partial charge in [0.2, 0.25) is 5.91 Å². The fraction of sp³-hybridized carbons (Fsp3) is 0.833. The van der Waals surface area contributed by atoms with Crippen molar-refractivity contribution in [3.05, 3.63) is 0 Å². The van der Waals surface area contributed by atoms with Gasteiger partial charge in [-0.3, -0.25) is 14.2 Å². The Morgan fingerprint density at radius 3 is 2.05 bits per heavy atom. The fourth-order valence-electron chi connectivity index (χ4n) is 2.21. The van der Waals surface area contributed by atoms with Gasteiger partial charge >= 0.3 is 7.60 Å². The second kappa shape index (κ2) is 5.73. The SMILES string of the molecule is CC(C)(C)C(=O)N1CCC(C(=O)CP(=O)(O)O)CC1. The van der Waals surface area contributed by atoms with E-state index >= 15 is 0 Å². The molecular formula is C12H22NO5P. The van der Waals surface area contributed by atoms with Gasteiger partial charge in [-0.25, -0.2) is 0 Å². The molecule has 1 amide bonds. The van der Waals surface area contributed by atoms with E-state index in [4.69, 9.17) is 9.79 Å². The molecule has 0 radical (unpaired) electrons. The lowest BCUT2D eigenvalue weighted by molar-refractivity contribution is -0.142. The van der Waals surface area contributed by atoms with Gasteiger partial charge in [0.1, 0.15) is 11.9 Å². The van der Waals surface area contributed by atoms with Crippen LogP contribution in [0, 0.1) is 11.3 Å². The molecule has 7 heteroatoms. The molecule has 0 aromatic carbocycles. The molecule has 1 fully saturated rings. The fourth-order valence-corrected chi connectivity index (χ4v) is 2.88. The summed E-state index contributed by atoms with van der Waals surface area (Å²) in [4.78, 5) is 43.0. The minimum Gasteiger partial charge on any atom is -0.342 e. The van der Waals surface area contributed by atoms with E-state index < -0.39 is 25.0 Å². The normalized spacial score (nSPS) is 18.5. The number of amides is 1.